The Kier molecular flexibility index (Phi) is 3.56. The van der Waals surface area contributed by atoms with Crippen molar-refractivity contribution in [3.05, 3.63) is 11.9 Å². The van der Waals surface area contributed by atoms with Crippen LogP contribution in [0, 0.1) is 5.41 Å². The first-order chi connectivity index (χ1) is 8.67. The number of hydrogen-bond acceptors (Lipinski definition) is 5. The molecule has 1 aliphatic heterocycles. The van der Waals surface area contributed by atoms with Crippen LogP contribution in [-0.4, -0.2) is 50.0 Å². The van der Waals surface area contributed by atoms with Crippen LogP contribution in [0.25, 0.3) is 0 Å². The van der Waals surface area contributed by atoms with E-state index in [0.717, 1.165) is 0 Å². The van der Waals surface area contributed by atoms with Crippen molar-refractivity contribution in [2.24, 2.45) is 0 Å². The highest BCUT2D eigenvalue weighted by Gasteiger charge is 2.37. The Morgan fingerprint density at radius 1 is 1.61 bits per heavy atom. The molecule has 0 bridgehead atoms. The van der Waals surface area contributed by atoms with Crippen LogP contribution in [0.5, 0.6) is 0 Å². The molecule has 3 N–H and O–H groups in total. The molecule has 1 unspecified atom stereocenters. The Hall–Kier alpha value is -1.96. The molecule has 0 aromatic carbocycles. The summed E-state index contributed by atoms with van der Waals surface area (Å²) in [7, 11) is 0. The van der Waals surface area contributed by atoms with Gasteiger partial charge in [0.1, 0.15) is 17.6 Å². The van der Waals surface area contributed by atoms with Crippen LogP contribution >= 0.6 is 0 Å². The molecule has 8 heteroatoms. The van der Waals surface area contributed by atoms with Gasteiger partial charge in [0.15, 0.2) is 0 Å². The molecule has 2 heterocycles. The second-order valence-corrected chi connectivity index (χ2v) is 4.02. The van der Waals surface area contributed by atoms with E-state index in [1.165, 1.54) is 4.90 Å². The molecule has 2 amide bonds. The van der Waals surface area contributed by atoms with Crippen LogP contribution in [0.2, 0.25) is 0 Å². The van der Waals surface area contributed by atoms with E-state index in [4.69, 9.17) is 10.5 Å². The highest BCUT2D eigenvalue weighted by atomic mass is 16.3. The van der Waals surface area contributed by atoms with Crippen molar-refractivity contribution in [3.63, 3.8) is 0 Å². The highest BCUT2D eigenvalue weighted by Crippen LogP contribution is 2.23. The molecule has 1 aliphatic rings. The van der Waals surface area contributed by atoms with Crippen molar-refractivity contribution in [3.8, 4) is 0 Å². The van der Waals surface area contributed by atoms with E-state index in [0.29, 0.717) is 25.2 Å². The number of aryl methyl sites for hydroxylation is 1. The van der Waals surface area contributed by atoms with E-state index in [1.807, 2.05) is 6.92 Å². The minimum absolute atomic E-state index is 0.0928. The van der Waals surface area contributed by atoms with Crippen molar-refractivity contribution in [1.29, 1.82) is 5.41 Å². The molecule has 98 valence electrons. The van der Waals surface area contributed by atoms with Gasteiger partial charge in [-0.3, -0.25) is 15.4 Å². The normalized spacial score (nSPS) is 19.4. The predicted molar refractivity (Wildman–Crippen MR) is 63.1 cm³/mol. The molecular formula is C10H16N6O2. The molecule has 2 rings (SSSR count). The Bertz CT molecular complexity index is 457. The van der Waals surface area contributed by atoms with E-state index in [1.54, 1.807) is 10.9 Å². The maximum Gasteiger partial charge on any atom is 0.323 e. The fourth-order valence-electron chi connectivity index (χ4n) is 1.94. The molecule has 1 aromatic heterocycles. The average molecular weight is 252 g/mol. The third-order valence-electron chi connectivity index (χ3n) is 2.81. The quantitative estimate of drug-likeness (QED) is 0.670. The first-order valence-electron chi connectivity index (χ1n) is 5.84. The van der Waals surface area contributed by atoms with E-state index >= 15 is 0 Å². The summed E-state index contributed by atoms with van der Waals surface area (Å²) in [5, 5.41) is 26.9. The Labute approximate surface area is 104 Å². The number of aromatic nitrogens is 3. The lowest BCUT2D eigenvalue weighted by Crippen LogP contribution is -2.29. The fraction of sp³-hybridized carbons (Fsp3) is 0.600. The Morgan fingerprint density at radius 3 is 3.06 bits per heavy atom. The van der Waals surface area contributed by atoms with E-state index in [-0.39, 0.29) is 18.5 Å². The van der Waals surface area contributed by atoms with Gasteiger partial charge in [0, 0.05) is 19.7 Å². The third-order valence-corrected chi connectivity index (χ3v) is 2.81. The first-order valence-corrected chi connectivity index (χ1v) is 5.84. The summed E-state index contributed by atoms with van der Waals surface area (Å²) in [5.74, 6) is 0.121. The van der Waals surface area contributed by atoms with Gasteiger partial charge in [0.05, 0.1) is 6.20 Å². The van der Waals surface area contributed by atoms with Gasteiger partial charge in [0.25, 0.3) is 0 Å². The van der Waals surface area contributed by atoms with Crippen molar-refractivity contribution < 1.29 is 9.90 Å². The number of carbonyl (C=O) groups excluding carboxylic acids is 1. The number of nitrogens with zero attached hydrogens (tertiary/aromatic N) is 4. The number of amides is 2. The topological polar surface area (TPSA) is 107 Å². The summed E-state index contributed by atoms with van der Waals surface area (Å²) >= 11 is 0. The molecule has 1 fully saturated rings. The highest BCUT2D eigenvalue weighted by molar-refractivity contribution is 6.05. The van der Waals surface area contributed by atoms with Crippen LogP contribution in [-0.2, 0) is 6.54 Å². The van der Waals surface area contributed by atoms with Crippen molar-refractivity contribution >= 4 is 11.9 Å². The number of carbonyl (C=O) groups is 1. The standard InChI is InChI=1S/C10H16N6O2/c1-2-16-8(9(11)12-10(16)18)7-6-15(14-13-7)4-3-5-17/h6,8,17H,2-5H2,1H3,(H2,11,12,18). The largest absolute Gasteiger partial charge is 0.396 e. The zero-order valence-electron chi connectivity index (χ0n) is 10.1. The molecule has 8 nitrogen and oxygen atoms in total. The number of nitrogens with one attached hydrogen (secondary N) is 2. The number of aliphatic hydroxyl groups is 1. The maximum atomic E-state index is 11.6. The van der Waals surface area contributed by atoms with Crippen LogP contribution < -0.4 is 5.32 Å². The van der Waals surface area contributed by atoms with Gasteiger partial charge < -0.3 is 10.0 Å². The summed E-state index contributed by atoms with van der Waals surface area (Å²) in [4.78, 5) is 13.1. The third kappa shape index (κ3) is 2.19. The lowest BCUT2D eigenvalue weighted by atomic mass is 10.2. The maximum absolute atomic E-state index is 11.6. The van der Waals surface area contributed by atoms with Gasteiger partial charge in [-0.2, -0.15) is 0 Å². The Morgan fingerprint density at radius 2 is 2.39 bits per heavy atom. The zero-order valence-corrected chi connectivity index (χ0v) is 10.1. The van der Waals surface area contributed by atoms with Crippen LogP contribution in [0.4, 0.5) is 4.79 Å². The SMILES string of the molecule is CCN1C(=O)NC(=N)C1c1cn(CCCO)nn1. The summed E-state index contributed by atoms with van der Waals surface area (Å²) in [6.07, 6.45) is 2.30. The molecule has 0 aliphatic carbocycles. The zero-order chi connectivity index (χ0) is 13.1. The lowest BCUT2D eigenvalue weighted by Gasteiger charge is -2.18. The van der Waals surface area contributed by atoms with Crippen molar-refractivity contribution in [2.45, 2.75) is 25.9 Å². The summed E-state index contributed by atoms with van der Waals surface area (Å²) in [5.41, 5.74) is 0.568. The van der Waals surface area contributed by atoms with E-state index < -0.39 is 6.04 Å². The molecule has 18 heavy (non-hydrogen) atoms. The monoisotopic (exact) mass is 252 g/mol. The van der Waals surface area contributed by atoms with Crippen LogP contribution in [0.1, 0.15) is 25.1 Å². The molecular weight excluding hydrogens is 236 g/mol. The number of aliphatic hydroxyl groups excluding tert-OH is 1. The minimum atomic E-state index is -0.481. The number of rotatable bonds is 5. The molecule has 1 aromatic rings. The molecule has 0 radical (unpaired) electrons. The van der Waals surface area contributed by atoms with Crippen molar-refractivity contribution in [2.75, 3.05) is 13.2 Å². The summed E-state index contributed by atoms with van der Waals surface area (Å²) in [6, 6.07) is -0.761. The first kappa shape index (κ1) is 12.5. The summed E-state index contributed by atoms with van der Waals surface area (Å²) < 4.78 is 1.61. The minimum Gasteiger partial charge on any atom is -0.396 e. The Balaban J connectivity index is 2.17. The number of hydrogen-bond donors (Lipinski definition) is 3. The van der Waals surface area contributed by atoms with Gasteiger partial charge in [-0.25, -0.2) is 4.79 Å². The molecule has 0 saturated carbocycles. The van der Waals surface area contributed by atoms with E-state index in [9.17, 15) is 4.79 Å². The van der Waals surface area contributed by atoms with Crippen LogP contribution in [0.3, 0.4) is 0 Å². The molecule has 1 saturated heterocycles. The fourth-order valence-corrected chi connectivity index (χ4v) is 1.94. The van der Waals surface area contributed by atoms with Gasteiger partial charge >= 0.3 is 6.03 Å². The number of amidine groups is 1. The second-order valence-electron chi connectivity index (χ2n) is 4.02. The van der Waals surface area contributed by atoms with E-state index in [2.05, 4.69) is 15.6 Å². The van der Waals surface area contributed by atoms with Crippen molar-refractivity contribution in [1.82, 2.24) is 25.2 Å². The van der Waals surface area contributed by atoms with Gasteiger partial charge in [0.2, 0.25) is 0 Å². The molecule has 1 atom stereocenters. The molecule has 0 spiro atoms. The lowest BCUT2D eigenvalue weighted by molar-refractivity contribution is 0.208. The predicted octanol–water partition coefficient (Wildman–Crippen LogP) is -0.276. The van der Waals surface area contributed by atoms with Gasteiger partial charge in [-0.05, 0) is 13.3 Å². The van der Waals surface area contributed by atoms with Gasteiger partial charge in [-0.15, -0.1) is 5.10 Å². The second kappa shape index (κ2) is 5.13. The van der Waals surface area contributed by atoms with Crippen LogP contribution in [0.15, 0.2) is 6.20 Å². The smallest absolute Gasteiger partial charge is 0.323 e. The number of urea groups is 1. The number of likely N-dealkylation sites (N-methyl/N-ethyl adjacent to an activating group) is 1. The average Bonchev–Trinajstić information content (AvgIpc) is 2.90. The summed E-state index contributed by atoms with van der Waals surface area (Å²) in [6.45, 7) is 3.01. The van der Waals surface area contributed by atoms with Gasteiger partial charge in [-0.1, -0.05) is 5.21 Å².